The lowest BCUT2D eigenvalue weighted by Crippen LogP contribution is -2.10. The maximum Gasteiger partial charge on any atom is 0.225 e. The summed E-state index contributed by atoms with van der Waals surface area (Å²) in [6, 6.07) is 14.6. The summed E-state index contributed by atoms with van der Waals surface area (Å²) in [6.45, 7) is 0.715. The second-order valence-corrected chi connectivity index (χ2v) is 5.46. The smallest absolute Gasteiger partial charge is 0.225 e. The number of benzene rings is 2. The van der Waals surface area contributed by atoms with Crippen LogP contribution < -0.4 is 20.9 Å². The van der Waals surface area contributed by atoms with Crippen LogP contribution in [0.3, 0.4) is 0 Å². The minimum atomic E-state index is 0.0286. The van der Waals surface area contributed by atoms with E-state index >= 15 is 0 Å². The Bertz CT molecular complexity index is 841. The number of anilines is 2. The molecule has 1 heterocycles. The van der Waals surface area contributed by atoms with E-state index in [0.29, 0.717) is 35.4 Å². The highest BCUT2D eigenvalue weighted by atomic mass is 35.5. The van der Waals surface area contributed by atoms with Crippen molar-refractivity contribution < 1.29 is 9.47 Å². The number of para-hydroxylation sites is 1. The molecule has 3 aromatic rings. The van der Waals surface area contributed by atoms with Crippen LogP contribution in [0.5, 0.6) is 11.5 Å². The molecule has 8 heteroatoms. The van der Waals surface area contributed by atoms with E-state index in [1.54, 1.807) is 18.2 Å². The summed E-state index contributed by atoms with van der Waals surface area (Å²) >= 11 is 6.07. The molecular weight excluding hydrogens is 342 g/mol. The largest absolute Gasteiger partial charge is 0.490 e. The van der Waals surface area contributed by atoms with Crippen LogP contribution in [0.2, 0.25) is 5.02 Å². The normalized spacial score (nSPS) is 10.4. The molecule has 0 aliphatic heterocycles. The van der Waals surface area contributed by atoms with Crippen LogP contribution in [0, 0.1) is 0 Å². The van der Waals surface area contributed by atoms with Gasteiger partial charge in [0.05, 0.1) is 5.56 Å². The van der Waals surface area contributed by atoms with Gasteiger partial charge in [-0.25, -0.2) is 0 Å². The summed E-state index contributed by atoms with van der Waals surface area (Å²) in [6.07, 6.45) is 0. The SMILES string of the molecule is Nc1nc(N)nc(-c2cc(Cl)ccc2OCCOc2ccccc2)n1. The van der Waals surface area contributed by atoms with Gasteiger partial charge in [0.1, 0.15) is 24.7 Å². The van der Waals surface area contributed by atoms with Gasteiger partial charge in [-0.3, -0.25) is 0 Å². The van der Waals surface area contributed by atoms with Gasteiger partial charge in [-0.1, -0.05) is 29.8 Å². The Hall–Kier alpha value is -3.06. The van der Waals surface area contributed by atoms with Crippen LogP contribution in [0.4, 0.5) is 11.9 Å². The van der Waals surface area contributed by atoms with Crippen LogP contribution in [0.1, 0.15) is 0 Å². The Morgan fingerprint density at radius 1 is 0.840 bits per heavy atom. The van der Waals surface area contributed by atoms with Gasteiger partial charge in [-0.05, 0) is 30.3 Å². The number of nitrogens with two attached hydrogens (primary N) is 2. The molecule has 1 aromatic heterocycles. The maximum atomic E-state index is 6.07. The summed E-state index contributed by atoms with van der Waals surface area (Å²) in [5, 5.41) is 0.514. The first-order valence-electron chi connectivity index (χ1n) is 7.49. The minimum absolute atomic E-state index is 0.0286. The lowest BCUT2D eigenvalue weighted by molar-refractivity contribution is 0.217. The molecule has 0 bridgehead atoms. The van der Waals surface area contributed by atoms with Gasteiger partial charge < -0.3 is 20.9 Å². The zero-order valence-corrected chi connectivity index (χ0v) is 14.0. The van der Waals surface area contributed by atoms with Crippen molar-refractivity contribution in [1.29, 1.82) is 0 Å². The molecule has 0 radical (unpaired) electrons. The molecule has 0 amide bonds. The van der Waals surface area contributed by atoms with Crippen molar-refractivity contribution in [2.75, 3.05) is 24.7 Å². The lowest BCUT2D eigenvalue weighted by atomic mass is 10.2. The van der Waals surface area contributed by atoms with E-state index in [4.69, 9.17) is 32.5 Å². The van der Waals surface area contributed by atoms with E-state index in [9.17, 15) is 0 Å². The van der Waals surface area contributed by atoms with Gasteiger partial charge >= 0.3 is 0 Å². The van der Waals surface area contributed by atoms with Crippen molar-refractivity contribution >= 4 is 23.5 Å². The third-order valence-electron chi connectivity index (χ3n) is 3.21. The minimum Gasteiger partial charge on any atom is -0.490 e. The molecule has 4 N–H and O–H groups in total. The fraction of sp³-hybridized carbons (Fsp3) is 0.118. The number of aromatic nitrogens is 3. The Balaban J connectivity index is 1.73. The van der Waals surface area contributed by atoms with Crippen LogP contribution >= 0.6 is 11.6 Å². The Kier molecular flexibility index (Phi) is 5.15. The fourth-order valence-corrected chi connectivity index (χ4v) is 2.33. The fourth-order valence-electron chi connectivity index (χ4n) is 2.16. The molecule has 25 heavy (non-hydrogen) atoms. The summed E-state index contributed by atoms with van der Waals surface area (Å²) in [4.78, 5) is 11.9. The molecule has 0 aliphatic carbocycles. The molecule has 3 rings (SSSR count). The predicted octanol–water partition coefficient (Wildman–Crippen LogP) is 2.81. The van der Waals surface area contributed by atoms with Crippen molar-refractivity contribution in [1.82, 2.24) is 15.0 Å². The third-order valence-corrected chi connectivity index (χ3v) is 3.44. The van der Waals surface area contributed by atoms with Gasteiger partial charge in [0, 0.05) is 5.02 Å². The molecule has 0 atom stereocenters. The topological polar surface area (TPSA) is 109 Å². The van der Waals surface area contributed by atoms with Crippen molar-refractivity contribution in [3.05, 3.63) is 53.6 Å². The molecule has 0 saturated carbocycles. The molecule has 7 nitrogen and oxygen atoms in total. The van der Waals surface area contributed by atoms with Gasteiger partial charge in [-0.2, -0.15) is 15.0 Å². The molecule has 0 aliphatic rings. The van der Waals surface area contributed by atoms with E-state index in [0.717, 1.165) is 5.75 Å². The molecule has 128 valence electrons. The second-order valence-electron chi connectivity index (χ2n) is 5.03. The number of hydrogen-bond donors (Lipinski definition) is 2. The first kappa shape index (κ1) is 16.8. The number of hydrogen-bond acceptors (Lipinski definition) is 7. The molecule has 0 spiro atoms. The van der Waals surface area contributed by atoms with Crippen LogP contribution in [0.25, 0.3) is 11.4 Å². The van der Waals surface area contributed by atoms with E-state index in [1.807, 2.05) is 30.3 Å². The van der Waals surface area contributed by atoms with Crippen molar-refractivity contribution in [2.24, 2.45) is 0 Å². The van der Waals surface area contributed by atoms with Crippen LogP contribution in [-0.2, 0) is 0 Å². The van der Waals surface area contributed by atoms with E-state index in [-0.39, 0.29) is 11.9 Å². The van der Waals surface area contributed by atoms with Crippen molar-refractivity contribution in [2.45, 2.75) is 0 Å². The highest BCUT2D eigenvalue weighted by molar-refractivity contribution is 6.30. The van der Waals surface area contributed by atoms with Crippen LogP contribution in [-0.4, -0.2) is 28.2 Å². The maximum absolute atomic E-state index is 6.07. The van der Waals surface area contributed by atoms with Gasteiger partial charge in [-0.15, -0.1) is 0 Å². The average molecular weight is 358 g/mol. The van der Waals surface area contributed by atoms with E-state index < -0.39 is 0 Å². The summed E-state index contributed by atoms with van der Waals surface area (Å²) in [5.74, 6) is 1.68. The highest BCUT2D eigenvalue weighted by Gasteiger charge is 2.12. The van der Waals surface area contributed by atoms with Gasteiger partial charge in [0.2, 0.25) is 11.9 Å². The summed E-state index contributed by atoms with van der Waals surface area (Å²) < 4.78 is 11.4. The Morgan fingerprint density at radius 3 is 2.24 bits per heavy atom. The number of ether oxygens (including phenoxy) is 2. The third kappa shape index (κ3) is 4.48. The van der Waals surface area contributed by atoms with Crippen molar-refractivity contribution in [3.63, 3.8) is 0 Å². The first-order valence-corrected chi connectivity index (χ1v) is 7.87. The van der Waals surface area contributed by atoms with E-state index in [1.165, 1.54) is 0 Å². The second kappa shape index (κ2) is 7.67. The standard InChI is InChI=1S/C17H16ClN5O2/c18-11-6-7-14(25-9-8-24-12-4-2-1-3-5-12)13(10-11)15-21-16(19)23-17(20)22-15/h1-7,10H,8-9H2,(H4,19,20,21,22,23). The Labute approximate surface area is 149 Å². The zero-order valence-electron chi connectivity index (χ0n) is 13.2. The number of nitrogens with zero attached hydrogens (tertiary/aromatic N) is 3. The van der Waals surface area contributed by atoms with Crippen molar-refractivity contribution in [3.8, 4) is 22.9 Å². The molecule has 0 unspecified atom stereocenters. The predicted molar refractivity (Wildman–Crippen MR) is 96.5 cm³/mol. The zero-order chi connectivity index (χ0) is 17.6. The number of nitrogen functional groups attached to an aromatic ring is 2. The first-order chi connectivity index (χ1) is 12.1. The number of halogens is 1. The highest BCUT2D eigenvalue weighted by Crippen LogP contribution is 2.31. The molecule has 2 aromatic carbocycles. The van der Waals surface area contributed by atoms with Gasteiger partial charge in [0.15, 0.2) is 5.82 Å². The molecular formula is C17H16ClN5O2. The van der Waals surface area contributed by atoms with Gasteiger partial charge in [0.25, 0.3) is 0 Å². The quantitative estimate of drug-likeness (QED) is 0.653. The Morgan fingerprint density at radius 2 is 1.52 bits per heavy atom. The molecule has 0 fully saturated rings. The summed E-state index contributed by atoms with van der Waals surface area (Å²) in [5.41, 5.74) is 11.8. The van der Waals surface area contributed by atoms with E-state index in [2.05, 4.69) is 15.0 Å². The lowest BCUT2D eigenvalue weighted by Gasteiger charge is -2.12. The summed E-state index contributed by atoms with van der Waals surface area (Å²) in [7, 11) is 0. The molecule has 0 saturated heterocycles. The average Bonchev–Trinajstić information content (AvgIpc) is 2.60. The van der Waals surface area contributed by atoms with Crippen LogP contribution in [0.15, 0.2) is 48.5 Å². The monoisotopic (exact) mass is 357 g/mol. The number of rotatable bonds is 6.